The van der Waals surface area contributed by atoms with Crippen molar-refractivity contribution in [3.63, 3.8) is 0 Å². The fourth-order valence-electron chi connectivity index (χ4n) is 0.859. The van der Waals surface area contributed by atoms with Crippen LogP contribution in [0.3, 0.4) is 0 Å². The van der Waals surface area contributed by atoms with Gasteiger partial charge in [0.1, 0.15) is 0 Å². The number of halogens is 1. The molecule has 0 saturated carbocycles. The third-order valence-electron chi connectivity index (χ3n) is 1.76. The minimum absolute atomic E-state index is 0.0221. The van der Waals surface area contributed by atoms with E-state index in [0.29, 0.717) is 5.88 Å². The molecule has 13 heavy (non-hydrogen) atoms. The number of hydrogen-bond acceptors (Lipinski definition) is 2. The Morgan fingerprint density at radius 3 is 2.23 bits per heavy atom. The summed E-state index contributed by atoms with van der Waals surface area (Å²) in [7, 11) is -3.12. The second-order valence-electron chi connectivity index (χ2n) is 3.44. The maximum absolute atomic E-state index is 11.4. The van der Waals surface area contributed by atoms with Gasteiger partial charge in [0.15, 0.2) is 0 Å². The quantitative estimate of drug-likeness (QED) is 0.703. The molecular formula is C8H18ClNO2S. The summed E-state index contributed by atoms with van der Waals surface area (Å²) in [4.78, 5) is 0. The SMILES string of the molecule is CC(CCCCl)NS(=O)(=O)C(C)C. The summed E-state index contributed by atoms with van der Waals surface area (Å²) in [5.41, 5.74) is 0. The summed E-state index contributed by atoms with van der Waals surface area (Å²) in [5, 5.41) is -0.369. The molecule has 0 radical (unpaired) electrons. The fourth-order valence-corrected chi connectivity index (χ4v) is 1.96. The maximum Gasteiger partial charge on any atom is 0.214 e. The molecule has 0 heterocycles. The predicted molar refractivity (Wildman–Crippen MR) is 56.6 cm³/mol. The summed E-state index contributed by atoms with van der Waals surface area (Å²) in [6.45, 7) is 5.18. The molecule has 0 bridgehead atoms. The van der Waals surface area contributed by atoms with Crippen LogP contribution in [0, 0.1) is 0 Å². The molecule has 0 aliphatic heterocycles. The number of rotatable bonds is 6. The molecule has 1 unspecified atom stereocenters. The summed E-state index contributed by atoms with van der Waals surface area (Å²) in [5.74, 6) is 0.577. The van der Waals surface area contributed by atoms with Crippen LogP contribution in [0.5, 0.6) is 0 Å². The second-order valence-corrected chi connectivity index (χ2v) is 6.09. The minimum atomic E-state index is -3.12. The normalized spacial score (nSPS) is 14.8. The van der Waals surface area contributed by atoms with Gasteiger partial charge < -0.3 is 0 Å². The van der Waals surface area contributed by atoms with E-state index in [1.165, 1.54) is 0 Å². The van der Waals surface area contributed by atoms with Gasteiger partial charge in [-0.15, -0.1) is 11.6 Å². The lowest BCUT2D eigenvalue weighted by Crippen LogP contribution is -2.37. The first-order valence-corrected chi connectivity index (χ1v) is 6.55. The van der Waals surface area contributed by atoms with Crippen LogP contribution in [0.2, 0.25) is 0 Å². The van der Waals surface area contributed by atoms with Crippen LogP contribution in [0.1, 0.15) is 33.6 Å². The monoisotopic (exact) mass is 227 g/mol. The van der Waals surface area contributed by atoms with Gasteiger partial charge in [0.25, 0.3) is 0 Å². The van der Waals surface area contributed by atoms with Crippen molar-refractivity contribution in [1.82, 2.24) is 4.72 Å². The van der Waals surface area contributed by atoms with Crippen molar-refractivity contribution >= 4 is 21.6 Å². The van der Waals surface area contributed by atoms with Crippen molar-refractivity contribution in [2.75, 3.05) is 5.88 Å². The van der Waals surface area contributed by atoms with Crippen molar-refractivity contribution in [3.05, 3.63) is 0 Å². The third-order valence-corrected chi connectivity index (χ3v) is 4.00. The topological polar surface area (TPSA) is 46.2 Å². The van der Waals surface area contributed by atoms with E-state index in [4.69, 9.17) is 11.6 Å². The summed E-state index contributed by atoms with van der Waals surface area (Å²) in [6.07, 6.45) is 1.62. The Hall–Kier alpha value is 0.200. The lowest BCUT2D eigenvalue weighted by atomic mass is 10.2. The standard InChI is InChI=1S/C8H18ClNO2S/c1-7(2)13(11,12)10-8(3)5-4-6-9/h7-8,10H,4-6H2,1-3H3. The summed E-state index contributed by atoms with van der Waals surface area (Å²) >= 11 is 5.50. The summed E-state index contributed by atoms with van der Waals surface area (Å²) in [6, 6.07) is -0.0221. The van der Waals surface area contributed by atoms with Crippen LogP contribution in [0.4, 0.5) is 0 Å². The Bertz CT molecular complexity index is 226. The van der Waals surface area contributed by atoms with E-state index in [1.54, 1.807) is 13.8 Å². The molecule has 0 aromatic carbocycles. The Balaban J connectivity index is 3.98. The van der Waals surface area contributed by atoms with Crippen LogP contribution < -0.4 is 4.72 Å². The first kappa shape index (κ1) is 13.2. The highest BCUT2D eigenvalue weighted by Crippen LogP contribution is 2.03. The molecule has 80 valence electrons. The van der Waals surface area contributed by atoms with E-state index >= 15 is 0 Å². The van der Waals surface area contributed by atoms with E-state index in [2.05, 4.69) is 4.72 Å². The van der Waals surface area contributed by atoms with Gasteiger partial charge in [-0.05, 0) is 33.6 Å². The fraction of sp³-hybridized carbons (Fsp3) is 1.00. The Labute approximate surface area is 85.9 Å². The van der Waals surface area contributed by atoms with Gasteiger partial charge in [0.05, 0.1) is 5.25 Å². The zero-order valence-electron chi connectivity index (χ0n) is 8.38. The molecule has 0 aliphatic carbocycles. The Morgan fingerprint density at radius 1 is 1.31 bits per heavy atom. The first-order valence-electron chi connectivity index (χ1n) is 4.47. The van der Waals surface area contributed by atoms with Gasteiger partial charge in [0.2, 0.25) is 10.0 Å². The molecule has 3 nitrogen and oxygen atoms in total. The van der Waals surface area contributed by atoms with Crippen LogP contribution in [-0.4, -0.2) is 25.6 Å². The van der Waals surface area contributed by atoms with Gasteiger partial charge >= 0.3 is 0 Å². The van der Waals surface area contributed by atoms with Crippen LogP contribution in [0.15, 0.2) is 0 Å². The highest BCUT2D eigenvalue weighted by molar-refractivity contribution is 7.90. The molecule has 1 N–H and O–H groups in total. The zero-order chi connectivity index (χ0) is 10.5. The van der Waals surface area contributed by atoms with Crippen molar-refractivity contribution < 1.29 is 8.42 Å². The highest BCUT2D eigenvalue weighted by atomic mass is 35.5. The average Bonchev–Trinajstić information content (AvgIpc) is 1.99. The molecule has 0 fully saturated rings. The van der Waals surface area contributed by atoms with Crippen LogP contribution in [0.25, 0.3) is 0 Å². The molecule has 0 saturated heterocycles. The van der Waals surface area contributed by atoms with E-state index in [1.807, 2.05) is 6.92 Å². The van der Waals surface area contributed by atoms with E-state index in [0.717, 1.165) is 12.8 Å². The lowest BCUT2D eigenvalue weighted by Gasteiger charge is -2.15. The predicted octanol–water partition coefficient (Wildman–Crippen LogP) is 1.72. The Kier molecular flexibility index (Phi) is 5.92. The molecule has 0 aliphatic rings. The average molecular weight is 228 g/mol. The second kappa shape index (κ2) is 5.83. The molecule has 0 rings (SSSR count). The van der Waals surface area contributed by atoms with Gasteiger partial charge in [0, 0.05) is 11.9 Å². The molecule has 5 heteroatoms. The van der Waals surface area contributed by atoms with Gasteiger partial charge in [-0.2, -0.15) is 0 Å². The molecule has 0 amide bonds. The van der Waals surface area contributed by atoms with Gasteiger partial charge in [-0.3, -0.25) is 0 Å². The highest BCUT2D eigenvalue weighted by Gasteiger charge is 2.17. The number of sulfonamides is 1. The van der Waals surface area contributed by atoms with Crippen molar-refractivity contribution in [2.24, 2.45) is 0 Å². The molecule has 1 atom stereocenters. The number of nitrogens with one attached hydrogen (secondary N) is 1. The van der Waals surface area contributed by atoms with E-state index in [-0.39, 0.29) is 11.3 Å². The van der Waals surface area contributed by atoms with Crippen molar-refractivity contribution in [3.8, 4) is 0 Å². The zero-order valence-corrected chi connectivity index (χ0v) is 9.95. The Morgan fingerprint density at radius 2 is 1.85 bits per heavy atom. The van der Waals surface area contributed by atoms with E-state index in [9.17, 15) is 8.42 Å². The molecule has 0 aromatic heterocycles. The van der Waals surface area contributed by atoms with E-state index < -0.39 is 10.0 Å². The number of hydrogen-bond donors (Lipinski definition) is 1. The molecular weight excluding hydrogens is 210 g/mol. The number of alkyl halides is 1. The summed E-state index contributed by atoms with van der Waals surface area (Å²) < 4.78 is 25.3. The van der Waals surface area contributed by atoms with Crippen LogP contribution >= 0.6 is 11.6 Å². The lowest BCUT2D eigenvalue weighted by molar-refractivity contribution is 0.537. The smallest absolute Gasteiger partial charge is 0.212 e. The van der Waals surface area contributed by atoms with Crippen molar-refractivity contribution in [1.29, 1.82) is 0 Å². The van der Waals surface area contributed by atoms with Crippen molar-refractivity contribution in [2.45, 2.75) is 44.9 Å². The van der Waals surface area contributed by atoms with Crippen LogP contribution in [-0.2, 0) is 10.0 Å². The molecule has 0 spiro atoms. The minimum Gasteiger partial charge on any atom is -0.212 e. The van der Waals surface area contributed by atoms with Gasteiger partial charge in [-0.1, -0.05) is 0 Å². The van der Waals surface area contributed by atoms with Gasteiger partial charge in [-0.25, -0.2) is 13.1 Å². The third kappa shape index (κ3) is 5.49. The maximum atomic E-state index is 11.4. The first-order chi connectivity index (χ1) is 5.90. The molecule has 0 aromatic rings. The largest absolute Gasteiger partial charge is 0.214 e.